The Bertz CT molecular complexity index is 273. The van der Waals surface area contributed by atoms with Crippen molar-refractivity contribution in [2.45, 2.75) is 19.3 Å². The van der Waals surface area contributed by atoms with Crippen LogP contribution < -0.4 is 0 Å². The lowest BCUT2D eigenvalue weighted by molar-refractivity contribution is -0.134. The van der Waals surface area contributed by atoms with Crippen molar-refractivity contribution in [1.82, 2.24) is 4.90 Å². The summed E-state index contributed by atoms with van der Waals surface area (Å²) in [6.45, 7) is 1.42. The number of likely N-dealkylation sites (tertiary alicyclic amines) is 1. The van der Waals surface area contributed by atoms with E-state index in [2.05, 4.69) is 0 Å². The smallest absolute Gasteiger partial charge is 0.316 e. The van der Waals surface area contributed by atoms with Crippen LogP contribution in [0.3, 0.4) is 0 Å². The van der Waals surface area contributed by atoms with Crippen LogP contribution >= 0.6 is 0 Å². The summed E-state index contributed by atoms with van der Waals surface area (Å²) in [7, 11) is -1.57. The third-order valence-electron chi connectivity index (χ3n) is 2.28. The van der Waals surface area contributed by atoms with Gasteiger partial charge in [-0.3, -0.25) is 13.8 Å². The van der Waals surface area contributed by atoms with Gasteiger partial charge in [0.15, 0.2) is 0 Å². The summed E-state index contributed by atoms with van der Waals surface area (Å²) in [6, 6.07) is 0. The molecule has 1 aliphatic rings. The Hall–Kier alpha value is -0.910. The quantitative estimate of drug-likeness (QED) is 0.731. The van der Waals surface area contributed by atoms with Crippen molar-refractivity contribution in [1.29, 1.82) is 0 Å². The van der Waals surface area contributed by atoms with E-state index in [1.54, 1.807) is 4.90 Å². The SMILES string of the molecule is O=C(O)CS(=O)CC(=O)N1CCCCC1. The second-order valence-electron chi connectivity index (χ2n) is 3.56. The van der Waals surface area contributed by atoms with Gasteiger partial charge in [0.1, 0.15) is 11.5 Å². The number of rotatable bonds is 4. The van der Waals surface area contributed by atoms with Crippen molar-refractivity contribution in [2.24, 2.45) is 0 Å². The van der Waals surface area contributed by atoms with E-state index in [0.29, 0.717) is 13.1 Å². The zero-order valence-electron chi connectivity index (χ0n) is 8.48. The molecule has 1 saturated heterocycles. The number of carboxylic acids is 1. The number of carbonyl (C=O) groups is 2. The van der Waals surface area contributed by atoms with Crippen molar-refractivity contribution >= 4 is 22.7 Å². The number of carbonyl (C=O) groups excluding carboxylic acids is 1. The van der Waals surface area contributed by atoms with Gasteiger partial charge in [0, 0.05) is 23.9 Å². The van der Waals surface area contributed by atoms with E-state index >= 15 is 0 Å². The summed E-state index contributed by atoms with van der Waals surface area (Å²) < 4.78 is 11.2. The van der Waals surface area contributed by atoms with E-state index < -0.39 is 22.5 Å². The standard InChI is InChI=1S/C9H15NO4S/c11-8(6-15(14)7-9(12)13)10-4-2-1-3-5-10/h1-7H2,(H,12,13). The predicted octanol–water partition coefficient (Wildman–Crippen LogP) is -0.168. The van der Waals surface area contributed by atoms with Crippen molar-refractivity contribution in [3.63, 3.8) is 0 Å². The molecule has 6 heteroatoms. The molecular formula is C9H15NO4S. The first kappa shape index (κ1) is 12.2. The number of carboxylic acid groups (broad SMARTS) is 1. The highest BCUT2D eigenvalue weighted by Gasteiger charge is 2.19. The molecule has 5 nitrogen and oxygen atoms in total. The van der Waals surface area contributed by atoms with Gasteiger partial charge in [-0.15, -0.1) is 0 Å². The highest BCUT2D eigenvalue weighted by atomic mass is 32.2. The van der Waals surface area contributed by atoms with E-state index in [0.717, 1.165) is 19.3 Å². The Morgan fingerprint density at radius 1 is 1.13 bits per heavy atom. The molecule has 1 unspecified atom stereocenters. The van der Waals surface area contributed by atoms with Gasteiger partial charge in [-0.05, 0) is 19.3 Å². The molecule has 1 rings (SSSR count). The maximum absolute atomic E-state index is 11.5. The largest absolute Gasteiger partial charge is 0.481 e. The van der Waals surface area contributed by atoms with Gasteiger partial charge in [0.2, 0.25) is 5.91 Å². The summed E-state index contributed by atoms with van der Waals surface area (Å²) in [6.07, 6.45) is 3.09. The van der Waals surface area contributed by atoms with Gasteiger partial charge in [-0.25, -0.2) is 0 Å². The van der Waals surface area contributed by atoms with Gasteiger partial charge < -0.3 is 10.0 Å². The molecule has 86 valence electrons. The summed E-state index contributed by atoms with van der Waals surface area (Å²) in [5.74, 6) is -1.92. The summed E-state index contributed by atoms with van der Waals surface area (Å²) in [5, 5.41) is 8.39. The Kier molecular flexibility index (Phi) is 4.74. The molecule has 0 aliphatic carbocycles. The van der Waals surface area contributed by atoms with Gasteiger partial charge in [0.25, 0.3) is 0 Å². The Balaban J connectivity index is 2.33. The molecule has 0 aromatic carbocycles. The molecule has 1 atom stereocenters. The van der Waals surface area contributed by atoms with Gasteiger partial charge in [-0.2, -0.15) is 0 Å². The summed E-state index contributed by atoms with van der Waals surface area (Å²) >= 11 is 0. The molecule has 1 heterocycles. The van der Waals surface area contributed by atoms with E-state index in [1.807, 2.05) is 0 Å². The molecule has 1 fully saturated rings. The van der Waals surface area contributed by atoms with Crippen LogP contribution in [0.15, 0.2) is 0 Å². The fraction of sp³-hybridized carbons (Fsp3) is 0.778. The lowest BCUT2D eigenvalue weighted by atomic mass is 10.1. The van der Waals surface area contributed by atoms with E-state index in [9.17, 15) is 13.8 Å². The van der Waals surface area contributed by atoms with Crippen LogP contribution in [0.4, 0.5) is 0 Å². The molecule has 1 aliphatic heterocycles. The van der Waals surface area contributed by atoms with Gasteiger partial charge >= 0.3 is 5.97 Å². The monoisotopic (exact) mass is 233 g/mol. The van der Waals surface area contributed by atoms with Crippen LogP contribution in [0.5, 0.6) is 0 Å². The third kappa shape index (κ3) is 4.42. The zero-order chi connectivity index (χ0) is 11.3. The van der Waals surface area contributed by atoms with E-state index in [-0.39, 0.29) is 11.7 Å². The molecule has 0 aromatic rings. The number of piperidine rings is 1. The minimum Gasteiger partial charge on any atom is -0.481 e. The topological polar surface area (TPSA) is 74.7 Å². The molecule has 15 heavy (non-hydrogen) atoms. The fourth-order valence-electron chi connectivity index (χ4n) is 1.56. The lowest BCUT2D eigenvalue weighted by Gasteiger charge is -2.26. The number of amides is 1. The Labute approximate surface area is 90.9 Å². The molecule has 0 saturated carbocycles. The highest BCUT2D eigenvalue weighted by Crippen LogP contribution is 2.08. The van der Waals surface area contributed by atoms with Gasteiger partial charge in [-0.1, -0.05) is 0 Å². The molecule has 0 bridgehead atoms. The van der Waals surface area contributed by atoms with E-state index in [4.69, 9.17) is 5.11 Å². The fourth-order valence-corrected chi connectivity index (χ4v) is 2.40. The third-order valence-corrected chi connectivity index (χ3v) is 3.42. The second kappa shape index (κ2) is 5.85. The van der Waals surface area contributed by atoms with E-state index in [1.165, 1.54) is 0 Å². The van der Waals surface area contributed by atoms with Crippen LogP contribution in [0.2, 0.25) is 0 Å². The van der Waals surface area contributed by atoms with Gasteiger partial charge in [0.05, 0.1) is 0 Å². The van der Waals surface area contributed by atoms with Crippen molar-refractivity contribution in [3.8, 4) is 0 Å². The maximum atomic E-state index is 11.5. The minimum atomic E-state index is -1.57. The Morgan fingerprint density at radius 2 is 1.73 bits per heavy atom. The molecule has 1 amide bonds. The van der Waals surface area contributed by atoms with Crippen LogP contribution in [-0.4, -0.2) is 50.7 Å². The minimum absolute atomic E-state index is 0.160. The molecule has 0 spiro atoms. The molecule has 0 radical (unpaired) electrons. The van der Waals surface area contributed by atoms with Crippen molar-refractivity contribution in [2.75, 3.05) is 24.6 Å². The van der Waals surface area contributed by atoms with Crippen molar-refractivity contribution in [3.05, 3.63) is 0 Å². The number of aliphatic carboxylic acids is 1. The number of nitrogens with zero attached hydrogens (tertiary/aromatic N) is 1. The number of hydrogen-bond acceptors (Lipinski definition) is 3. The molecular weight excluding hydrogens is 218 g/mol. The summed E-state index contributed by atoms with van der Waals surface area (Å²) in [4.78, 5) is 23.4. The second-order valence-corrected chi connectivity index (χ2v) is 5.02. The average Bonchev–Trinajstić information content (AvgIpc) is 2.17. The summed E-state index contributed by atoms with van der Waals surface area (Å²) in [5.41, 5.74) is 0. The average molecular weight is 233 g/mol. The molecule has 0 aromatic heterocycles. The highest BCUT2D eigenvalue weighted by molar-refractivity contribution is 7.86. The first-order valence-corrected chi connectivity index (χ1v) is 6.43. The number of hydrogen-bond donors (Lipinski definition) is 1. The predicted molar refractivity (Wildman–Crippen MR) is 55.9 cm³/mol. The van der Waals surface area contributed by atoms with Crippen LogP contribution in [0, 0.1) is 0 Å². The first-order valence-electron chi connectivity index (χ1n) is 4.94. The Morgan fingerprint density at radius 3 is 2.27 bits per heavy atom. The van der Waals surface area contributed by atoms with Crippen LogP contribution in [0.25, 0.3) is 0 Å². The lowest BCUT2D eigenvalue weighted by Crippen LogP contribution is -2.38. The van der Waals surface area contributed by atoms with Crippen LogP contribution in [0.1, 0.15) is 19.3 Å². The first-order chi connectivity index (χ1) is 7.09. The molecule has 1 N–H and O–H groups in total. The maximum Gasteiger partial charge on any atom is 0.316 e. The normalized spacial score (nSPS) is 18.5. The zero-order valence-corrected chi connectivity index (χ0v) is 9.29. The van der Waals surface area contributed by atoms with Crippen LogP contribution in [-0.2, 0) is 20.4 Å². The van der Waals surface area contributed by atoms with Crippen molar-refractivity contribution < 1.29 is 18.9 Å².